The van der Waals surface area contributed by atoms with Gasteiger partial charge < -0.3 is 19.6 Å². The first kappa shape index (κ1) is 10.7. The molecule has 1 aromatic rings. The minimum Gasteiger partial charge on any atom is -0.462 e. The summed E-state index contributed by atoms with van der Waals surface area (Å²) < 4.78 is 10.8. The second-order valence-electron chi connectivity index (χ2n) is 3.79. The number of hydrogen-bond acceptors (Lipinski definition) is 4. The normalized spacial score (nSPS) is 21.0. The van der Waals surface area contributed by atoms with Gasteiger partial charge in [-0.05, 0) is 25.0 Å². The smallest absolute Gasteiger partial charge is 0.129 e. The molecule has 0 amide bonds. The molecule has 15 heavy (non-hydrogen) atoms. The van der Waals surface area contributed by atoms with Crippen molar-refractivity contribution in [3.05, 3.63) is 23.7 Å². The SMILES string of the molecule is OCc1ccc(CNCC2CCCO2)o1. The van der Waals surface area contributed by atoms with Crippen molar-refractivity contribution in [2.45, 2.75) is 32.1 Å². The lowest BCUT2D eigenvalue weighted by atomic mass is 10.2. The highest BCUT2D eigenvalue weighted by Crippen LogP contribution is 2.11. The largest absolute Gasteiger partial charge is 0.462 e. The Labute approximate surface area is 89.2 Å². The van der Waals surface area contributed by atoms with Crippen molar-refractivity contribution in [3.8, 4) is 0 Å². The van der Waals surface area contributed by atoms with Gasteiger partial charge in [0.15, 0.2) is 0 Å². The van der Waals surface area contributed by atoms with E-state index in [0.717, 1.165) is 25.3 Å². The highest BCUT2D eigenvalue weighted by molar-refractivity contribution is 5.06. The molecule has 4 heteroatoms. The number of aliphatic hydroxyl groups excluding tert-OH is 1. The molecule has 1 fully saturated rings. The molecule has 1 aliphatic rings. The Morgan fingerprint density at radius 3 is 2.93 bits per heavy atom. The number of rotatable bonds is 5. The van der Waals surface area contributed by atoms with Crippen molar-refractivity contribution in [2.75, 3.05) is 13.2 Å². The number of ether oxygens (including phenoxy) is 1. The van der Waals surface area contributed by atoms with Crippen LogP contribution in [0.3, 0.4) is 0 Å². The average molecular weight is 211 g/mol. The molecule has 2 heterocycles. The van der Waals surface area contributed by atoms with E-state index in [1.807, 2.05) is 6.07 Å². The van der Waals surface area contributed by atoms with Gasteiger partial charge >= 0.3 is 0 Å². The molecule has 0 spiro atoms. The molecular weight excluding hydrogens is 194 g/mol. The molecule has 0 bridgehead atoms. The maximum atomic E-state index is 8.81. The predicted octanol–water partition coefficient (Wildman–Crippen LogP) is 1.04. The van der Waals surface area contributed by atoms with Gasteiger partial charge in [0.1, 0.15) is 18.1 Å². The van der Waals surface area contributed by atoms with Gasteiger partial charge in [0.05, 0.1) is 12.6 Å². The van der Waals surface area contributed by atoms with Gasteiger partial charge in [-0.25, -0.2) is 0 Å². The average Bonchev–Trinajstić information content (AvgIpc) is 2.88. The van der Waals surface area contributed by atoms with Gasteiger partial charge in [0.25, 0.3) is 0 Å². The van der Waals surface area contributed by atoms with E-state index in [9.17, 15) is 0 Å². The third-order valence-corrected chi connectivity index (χ3v) is 2.57. The lowest BCUT2D eigenvalue weighted by molar-refractivity contribution is 0.109. The maximum Gasteiger partial charge on any atom is 0.129 e. The van der Waals surface area contributed by atoms with Gasteiger partial charge in [-0.1, -0.05) is 0 Å². The summed E-state index contributed by atoms with van der Waals surface area (Å²) in [6.45, 7) is 2.42. The van der Waals surface area contributed by atoms with E-state index in [4.69, 9.17) is 14.3 Å². The summed E-state index contributed by atoms with van der Waals surface area (Å²) in [6, 6.07) is 3.68. The maximum absolute atomic E-state index is 8.81. The standard InChI is InChI=1S/C11H17NO3/c13-8-11-4-3-10(15-11)7-12-6-9-2-1-5-14-9/h3-4,9,12-13H,1-2,5-8H2. The van der Waals surface area contributed by atoms with Crippen LogP contribution in [0.5, 0.6) is 0 Å². The Morgan fingerprint density at radius 2 is 2.27 bits per heavy atom. The first-order chi connectivity index (χ1) is 7.38. The molecule has 0 aromatic carbocycles. The minimum absolute atomic E-state index is 0.0360. The molecule has 1 saturated heterocycles. The van der Waals surface area contributed by atoms with E-state index in [1.165, 1.54) is 6.42 Å². The quantitative estimate of drug-likeness (QED) is 0.764. The second kappa shape index (κ2) is 5.30. The minimum atomic E-state index is -0.0360. The number of aliphatic hydroxyl groups is 1. The number of nitrogens with one attached hydrogen (secondary N) is 1. The molecule has 0 radical (unpaired) electrons. The summed E-state index contributed by atoms with van der Waals surface area (Å²) >= 11 is 0. The highest BCUT2D eigenvalue weighted by atomic mass is 16.5. The Kier molecular flexibility index (Phi) is 3.77. The third kappa shape index (κ3) is 3.06. The summed E-state index contributed by atoms with van der Waals surface area (Å²) in [7, 11) is 0. The molecule has 1 atom stereocenters. The fraction of sp³-hybridized carbons (Fsp3) is 0.636. The Morgan fingerprint density at radius 1 is 1.40 bits per heavy atom. The van der Waals surface area contributed by atoms with Crippen LogP contribution in [0.2, 0.25) is 0 Å². The third-order valence-electron chi connectivity index (χ3n) is 2.57. The highest BCUT2D eigenvalue weighted by Gasteiger charge is 2.14. The molecule has 1 unspecified atom stereocenters. The summed E-state index contributed by atoms with van der Waals surface area (Å²) in [4.78, 5) is 0. The molecular formula is C11H17NO3. The van der Waals surface area contributed by atoms with Gasteiger partial charge in [0, 0.05) is 13.2 Å². The van der Waals surface area contributed by atoms with Gasteiger partial charge in [-0.2, -0.15) is 0 Å². The van der Waals surface area contributed by atoms with Crippen LogP contribution in [0.1, 0.15) is 24.4 Å². The van der Waals surface area contributed by atoms with E-state index < -0.39 is 0 Å². The van der Waals surface area contributed by atoms with Gasteiger partial charge in [0.2, 0.25) is 0 Å². The Hall–Kier alpha value is -0.840. The fourth-order valence-electron chi connectivity index (χ4n) is 1.76. The van der Waals surface area contributed by atoms with Gasteiger partial charge in [-0.3, -0.25) is 0 Å². The molecule has 84 valence electrons. The van der Waals surface area contributed by atoms with Crippen molar-refractivity contribution in [1.29, 1.82) is 0 Å². The Balaban J connectivity index is 1.68. The van der Waals surface area contributed by atoms with Crippen LogP contribution >= 0.6 is 0 Å². The van der Waals surface area contributed by atoms with Crippen LogP contribution in [0, 0.1) is 0 Å². The molecule has 2 N–H and O–H groups in total. The van der Waals surface area contributed by atoms with Crippen molar-refractivity contribution in [2.24, 2.45) is 0 Å². The van der Waals surface area contributed by atoms with E-state index in [0.29, 0.717) is 18.4 Å². The second-order valence-corrected chi connectivity index (χ2v) is 3.79. The summed E-state index contributed by atoms with van der Waals surface area (Å²) in [5.74, 6) is 1.47. The lowest BCUT2D eigenvalue weighted by Gasteiger charge is -2.09. The fourth-order valence-corrected chi connectivity index (χ4v) is 1.76. The van der Waals surface area contributed by atoms with E-state index in [-0.39, 0.29) is 6.61 Å². The molecule has 2 rings (SSSR count). The monoisotopic (exact) mass is 211 g/mol. The summed E-state index contributed by atoms with van der Waals surface area (Å²) in [5.41, 5.74) is 0. The van der Waals surface area contributed by atoms with Crippen molar-refractivity contribution in [3.63, 3.8) is 0 Å². The summed E-state index contributed by atoms with van der Waals surface area (Å²) in [5, 5.41) is 12.1. The van der Waals surface area contributed by atoms with Gasteiger partial charge in [-0.15, -0.1) is 0 Å². The van der Waals surface area contributed by atoms with Crippen molar-refractivity contribution in [1.82, 2.24) is 5.32 Å². The van der Waals surface area contributed by atoms with Crippen LogP contribution in [0.15, 0.2) is 16.5 Å². The topological polar surface area (TPSA) is 54.6 Å². The van der Waals surface area contributed by atoms with Crippen LogP contribution < -0.4 is 5.32 Å². The molecule has 1 aliphatic heterocycles. The number of hydrogen-bond donors (Lipinski definition) is 2. The molecule has 0 aliphatic carbocycles. The van der Waals surface area contributed by atoms with Crippen LogP contribution in [0.25, 0.3) is 0 Å². The van der Waals surface area contributed by atoms with E-state index >= 15 is 0 Å². The van der Waals surface area contributed by atoms with Crippen molar-refractivity contribution >= 4 is 0 Å². The van der Waals surface area contributed by atoms with E-state index in [2.05, 4.69) is 5.32 Å². The zero-order valence-corrected chi connectivity index (χ0v) is 8.74. The molecule has 0 saturated carbocycles. The first-order valence-electron chi connectivity index (χ1n) is 5.39. The number of furan rings is 1. The van der Waals surface area contributed by atoms with Crippen LogP contribution in [0.4, 0.5) is 0 Å². The zero-order chi connectivity index (χ0) is 10.5. The predicted molar refractivity (Wildman–Crippen MR) is 55.3 cm³/mol. The Bertz CT molecular complexity index is 292. The lowest BCUT2D eigenvalue weighted by Crippen LogP contribution is -2.25. The molecule has 1 aromatic heterocycles. The first-order valence-corrected chi connectivity index (χ1v) is 5.39. The molecule has 4 nitrogen and oxygen atoms in total. The van der Waals surface area contributed by atoms with Crippen LogP contribution in [-0.2, 0) is 17.9 Å². The summed E-state index contributed by atoms with van der Waals surface area (Å²) in [6.07, 6.45) is 2.67. The zero-order valence-electron chi connectivity index (χ0n) is 8.74. The van der Waals surface area contributed by atoms with Crippen LogP contribution in [-0.4, -0.2) is 24.4 Å². The van der Waals surface area contributed by atoms with E-state index in [1.54, 1.807) is 6.07 Å². The van der Waals surface area contributed by atoms with Crippen molar-refractivity contribution < 1.29 is 14.3 Å².